The minimum absolute atomic E-state index is 0.442. The van der Waals surface area contributed by atoms with E-state index in [-0.39, 0.29) is 0 Å². The van der Waals surface area contributed by atoms with Crippen molar-refractivity contribution in [2.75, 3.05) is 7.11 Å². The van der Waals surface area contributed by atoms with Gasteiger partial charge in [0.25, 0.3) is 0 Å². The number of methoxy groups -OCH3 is 1. The summed E-state index contributed by atoms with van der Waals surface area (Å²) in [7, 11) is 1.14. The van der Waals surface area contributed by atoms with Crippen LogP contribution in [0.4, 0.5) is 13.6 Å². The van der Waals surface area contributed by atoms with E-state index < -0.39 is 48.4 Å². The number of hydrogen-bond donors (Lipinski definition) is 1. The average Bonchev–Trinajstić information content (AvgIpc) is 2.19. The molecule has 1 amide bonds. The SMILES string of the molecule is COC(=O)C(NC(=O)OC(C)(C)C)C1CC(F)(F)C1. The Balaban J connectivity index is 2.61. The molecule has 1 atom stereocenters. The predicted molar refractivity (Wildman–Crippen MR) is 62.8 cm³/mol. The summed E-state index contributed by atoms with van der Waals surface area (Å²) in [6, 6.07) is -1.10. The number of ether oxygens (including phenoxy) is 2. The summed E-state index contributed by atoms with van der Waals surface area (Å²) < 4.78 is 35.2. The van der Waals surface area contributed by atoms with Crippen LogP contribution in [-0.2, 0) is 14.3 Å². The number of hydrogen-bond acceptors (Lipinski definition) is 4. The molecule has 0 radical (unpaired) electrons. The van der Waals surface area contributed by atoms with Crippen molar-refractivity contribution in [2.24, 2.45) is 5.92 Å². The second-order valence-electron chi connectivity index (χ2n) is 5.67. The maximum absolute atomic E-state index is 12.8. The summed E-state index contributed by atoms with van der Waals surface area (Å²) in [4.78, 5) is 23.1. The normalized spacial score (nSPS) is 20.1. The first kappa shape index (κ1) is 15.7. The molecule has 1 aliphatic rings. The van der Waals surface area contributed by atoms with Crippen molar-refractivity contribution in [2.45, 2.75) is 51.2 Å². The molecule has 0 spiro atoms. The maximum atomic E-state index is 12.8. The van der Waals surface area contributed by atoms with Crippen molar-refractivity contribution >= 4 is 12.1 Å². The molecular formula is C12H19F2NO4. The Kier molecular flexibility index (Phi) is 4.37. The zero-order valence-corrected chi connectivity index (χ0v) is 11.5. The molecule has 1 rings (SSSR count). The second-order valence-corrected chi connectivity index (χ2v) is 5.67. The third-order valence-corrected chi connectivity index (χ3v) is 2.72. The van der Waals surface area contributed by atoms with E-state index in [0.29, 0.717) is 0 Å². The Morgan fingerprint density at radius 2 is 1.84 bits per heavy atom. The highest BCUT2D eigenvalue weighted by molar-refractivity contribution is 5.81. The monoisotopic (exact) mass is 279 g/mol. The highest BCUT2D eigenvalue weighted by Gasteiger charge is 2.51. The Hall–Kier alpha value is -1.40. The number of amides is 1. The molecule has 1 saturated carbocycles. The lowest BCUT2D eigenvalue weighted by atomic mass is 9.76. The van der Waals surface area contributed by atoms with Gasteiger partial charge >= 0.3 is 12.1 Å². The summed E-state index contributed by atoms with van der Waals surface area (Å²) in [5.41, 5.74) is -0.728. The van der Waals surface area contributed by atoms with Gasteiger partial charge in [-0.1, -0.05) is 0 Å². The van der Waals surface area contributed by atoms with E-state index in [0.717, 1.165) is 7.11 Å². The van der Waals surface area contributed by atoms with E-state index in [4.69, 9.17) is 4.74 Å². The number of carbonyl (C=O) groups excluding carboxylic acids is 2. The fraction of sp³-hybridized carbons (Fsp3) is 0.833. The number of halogens is 2. The van der Waals surface area contributed by atoms with Crippen LogP contribution >= 0.6 is 0 Å². The zero-order chi connectivity index (χ0) is 14.8. The van der Waals surface area contributed by atoms with Crippen molar-refractivity contribution in [1.29, 1.82) is 0 Å². The fourth-order valence-corrected chi connectivity index (χ4v) is 1.87. The number of alkyl halides is 2. The molecule has 0 aromatic rings. The number of alkyl carbamates (subject to hydrolysis) is 1. The molecule has 1 aliphatic carbocycles. The molecular weight excluding hydrogens is 260 g/mol. The molecule has 0 aliphatic heterocycles. The van der Waals surface area contributed by atoms with Crippen molar-refractivity contribution in [3.63, 3.8) is 0 Å². The standard InChI is InChI=1S/C12H19F2NO4/c1-11(2,3)19-10(17)15-8(9(16)18-4)7-5-12(13,14)6-7/h7-8H,5-6H2,1-4H3,(H,15,17). The van der Waals surface area contributed by atoms with Gasteiger partial charge in [-0.2, -0.15) is 0 Å². The van der Waals surface area contributed by atoms with Gasteiger partial charge in [-0.15, -0.1) is 0 Å². The van der Waals surface area contributed by atoms with Gasteiger partial charge in [0.15, 0.2) is 0 Å². The first-order chi connectivity index (χ1) is 8.54. The first-order valence-electron chi connectivity index (χ1n) is 5.99. The van der Waals surface area contributed by atoms with Gasteiger partial charge in [0, 0.05) is 18.8 Å². The molecule has 0 saturated heterocycles. The molecule has 1 N–H and O–H groups in total. The van der Waals surface area contributed by atoms with Gasteiger partial charge < -0.3 is 14.8 Å². The van der Waals surface area contributed by atoms with Gasteiger partial charge in [0.1, 0.15) is 11.6 Å². The molecule has 0 heterocycles. The molecule has 0 aromatic carbocycles. The third kappa shape index (κ3) is 4.65. The molecule has 5 nitrogen and oxygen atoms in total. The second kappa shape index (κ2) is 5.30. The van der Waals surface area contributed by atoms with Crippen LogP contribution in [0.5, 0.6) is 0 Å². The van der Waals surface area contributed by atoms with Gasteiger partial charge in [-0.25, -0.2) is 18.4 Å². The van der Waals surface area contributed by atoms with Crippen molar-refractivity contribution in [3.8, 4) is 0 Å². The summed E-state index contributed by atoms with van der Waals surface area (Å²) in [5.74, 6) is -4.15. The number of carbonyl (C=O) groups is 2. The highest BCUT2D eigenvalue weighted by atomic mass is 19.3. The lowest BCUT2D eigenvalue weighted by Gasteiger charge is -2.38. The minimum Gasteiger partial charge on any atom is -0.467 e. The van der Waals surface area contributed by atoms with E-state index in [2.05, 4.69) is 10.1 Å². The molecule has 110 valence electrons. The molecule has 1 unspecified atom stereocenters. The first-order valence-corrected chi connectivity index (χ1v) is 5.99. The largest absolute Gasteiger partial charge is 0.467 e. The Labute approximate surface area is 110 Å². The van der Waals surface area contributed by atoms with Crippen LogP contribution in [0.3, 0.4) is 0 Å². The lowest BCUT2D eigenvalue weighted by molar-refractivity contribution is -0.156. The average molecular weight is 279 g/mol. The topological polar surface area (TPSA) is 64.6 Å². The van der Waals surface area contributed by atoms with Crippen molar-refractivity contribution in [1.82, 2.24) is 5.32 Å². The molecule has 7 heteroatoms. The van der Waals surface area contributed by atoms with Crippen molar-refractivity contribution < 1.29 is 27.8 Å². The predicted octanol–water partition coefficient (Wildman–Crippen LogP) is 2.10. The van der Waals surface area contributed by atoms with Crippen LogP contribution in [0, 0.1) is 5.92 Å². The van der Waals surface area contributed by atoms with E-state index >= 15 is 0 Å². The van der Waals surface area contributed by atoms with Crippen LogP contribution in [0.1, 0.15) is 33.6 Å². The van der Waals surface area contributed by atoms with E-state index in [1.165, 1.54) is 0 Å². The molecule has 1 fully saturated rings. The van der Waals surface area contributed by atoms with E-state index in [9.17, 15) is 18.4 Å². The van der Waals surface area contributed by atoms with Crippen LogP contribution in [0.25, 0.3) is 0 Å². The zero-order valence-electron chi connectivity index (χ0n) is 11.5. The lowest BCUT2D eigenvalue weighted by Crippen LogP contribution is -2.54. The van der Waals surface area contributed by atoms with E-state index in [1.54, 1.807) is 20.8 Å². The summed E-state index contributed by atoms with van der Waals surface area (Å²) >= 11 is 0. The maximum Gasteiger partial charge on any atom is 0.408 e. The van der Waals surface area contributed by atoms with Gasteiger partial charge in [-0.3, -0.25) is 0 Å². The summed E-state index contributed by atoms with van der Waals surface area (Å²) in [5, 5.41) is 2.29. The summed E-state index contributed by atoms with van der Waals surface area (Å²) in [6.45, 7) is 4.99. The third-order valence-electron chi connectivity index (χ3n) is 2.72. The van der Waals surface area contributed by atoms with Gasteiger partial charge in [0.05, 0.1) is 7.11 Å². The molecule has 19 heavy (non-hydrogen) atoms. The Morgan fingerprint density at radius 3 is 2.21 bits per heavy atom. The smallest absolute Gasteiger partial charge is 0.408 e. The van der Waals surface area contributed by atoms with Gasteiger partial charge in [0.2, 0.25) is 5.92 Å². The fourth-order valence-electron chi connectivity index (χ4n) is 1.87. The number of nitrogens with one attached hydrogen (secondary N) is 1. The van der Waals surface area contributed by atoms with E-state index in [1.807, 2.05) is 0 Å². The quantitative estimate of drug-likeness (QED) is 0.803. The van der Waals surface area contributed by atoms with Crippen LogP contribution in [0.15, 0.2) is 0 Å². The van der Waals surface area contributed by atoms with Gasteiger partial charge in [-0.05, 0) is 20.8 Å². The summed E-state index contributed by atoms with van der Waals surface area (Å²) in [6.07, 6.45) is -1.70. The number of rotatable bonds is 3. The van der Waals surface area contributed by atoms with Crippen LogP contribution in [-0.4, -0.2) is 36.7 Å². The molecule has 0 aromatic heterocycles. The highest BCUT2D eigenvalue weighted by Crippen LogP contribution is 2.44. The number of esters is 1. The molecule has 0 bridgehead atoms. The Bertz CT molecular complexity index is 357. The van der Waals surface area contributed by atoms with Crippen LogP contribution < -0.4 is 5.32 Å². The Morgan fingerprint density at radius 1 is 1.32 bits per heavy atom. The van der Waals surface area contributed by atoms with Crippen LogP contribution in [0.2, 0.25) is 0 Å². The minimum atomic E-state index is -2.77. The van der Waals surface area contributed by atoms with Crippen molar-refractivity contribution in [3.05, 3.63) is 0 Å².